The van der Waals surface area contributed by atoms with E-state index in [9.17, 15) is 23.1 Å². The smallest absolute Gasteiger partial charge is 0.303 e. The zero-order chi connectivity index (χ0) is 32.1. The van der Waals surface area contributed by atoms with Gasteiger partial charge in [-0.1, -0.05) is 49.2 Å². The summed E-state index contributed by atoms with van der Waals surface area (Å²) in [5, 5.41) is 20.8. The van der Waals surface area contributed by atoms with Crippen molar-refractivity contribution in [1.29, 1.82) is 0 Å². The quantitative estimate of drug-likeness (QED) is 0.176. The van der Waals surface area contributed by atoms with Crippen LogP contribution in [0, 0.1) is 6.92 Å². The molecule has 3 aromatic carbocycles. The van der Waals surface area contributed by atoms with Crippen LogP contribution in [0.2, 0.25) is 0 Å². The van der Waals surface area contributed by atoms with E-state index >= 15 is 0 Å². The van der Waals surface area contributed by atoms with Crippen LogP contribution in [-0.2, 0) is 24.3 Å². The van der Waals surface area contributed by atoms with Gasteiger partial charge in [0, 0.05) is 25.1 Å². The van der Waals surface area contributed by atoms with E-state index in [-0.39, 0.29) is 18.1 Å². The van der Waals surface area contributed by atoms with Gasteiger partial charge < -0.3 is 20.3 Å². The number of hydrogen-bond donors (Lipinski definition) is 3. The van der Waals surface area contributed by atoms with Crippen molar-refractivity contribution in [2.75, 3.05) is 16.2 Å². The van der Waals surface area contributed by atoms with Gasteiger partial charge >= 0.3 is 5.97 Å². The second kappa shape index (κ2) is 13.9. The molecule has 1 fully saturated rings. The number of aromatic hydroxyl groups is 1. The number of ether oxygens (including phenoxy) is 1. The van der Waals surface area contributed by atoms with Crippen LogP contribution >= 0.6 is 0 Å². The summed E-state index contributed by atoms with van der Waals surface area (Å²) >= 11 is 0. The summed E-state index contributed by atoms with van der Waals surface area (Å²) in [6.07, 6.45) is 2.54. The maximum absolute atomic E-state index is 14.2. The van der Waals surface area contributed by atoms with Crippen LogP contribution in [0.5, 0.6) is 5.75 Å². The number of fused-ring (bicyclic) bond motifs is 2. The monoisotopic (exact) mass is 632 g/mol. The summed E-state index contributed by atoms with van der Waals surface area (Å²) in [5.74, 6) is -0.779. The average Bonchev–Trinajstić information content (AvgIpc) is 3.60. The van der Waals surface area contributed by atoms with Gasteiger partial charge in [-0.2, -0.15) is 0 Å². The molecular formula is C35H40N2O7S. The SMILES string of the molecule is CCN(c1cccc(C)c1)S(=O)(=O)C1CC2OC1C(c1ccc(NC(=O)CCCCCCC(=O)O)cc1)=C2c1ccc(O)cc1. The second-order valence-corrected chi connectivity index (χ2v) is 13.8. The molecule has 0 radical (unpaired) electrons. The topological polar surface area (TPSA) is 133 Å². The van der Waals surface area contributed by atoms with E-state index < -0.39 is 33.5 Å². The highest BCUT2D eigenvalue weighted by atomic mass is 32.2. The highest BCUT2D eigenvalue weighted by molar-refractivity contribution is 7.93. The number of rotatable bonds is 14. The van der Waals surface area contributed by atoms with Gasteiger partial charge in [0.05, 0.1) is 11.8 Å². The summed E-state index contributed by atoms with van der Waals surface area (Å²) in [4.78, 5) is 23.2. The number of carbonyl (C=O) groups excluding carboxylic acids is 1. The number of carboxylic acid groups (broad SMARTS) is 1. The van der Waals surface area contributed by atoms with Crippen molar-refractivity contribution in [3.8, 4) is 5.75 Å². The first-order valence-electron chi connectivity index (χ1n) is 15.5. The summed E-state index contributed by atoms with van der Waals surface area (Å²) in [6.45, 7) is 4.06. The number of nitrogens with zero attached hydrogens (tertiary/aromatic N) is 1. The molecule has 1 amide bonds. The van der Waals surface area contributed by atoms with Crippen LogP contribution in [0.25, 0.3) is 11.1 Å². The van der Waals surface area contributed by atoms with Crippen molar-refractivity contribution in [3.63, 3.8) is 0 Å². The molecule has 0 aromatic heterocycles. The fraction of sp³-hybridized carbons (Fsp3) is 0.371. The Hall–Kier alpha value is -4.15. The molecule has 9 nitrogen and oxygen atoms in total. The molecule has 3 N–H and O–H groups in total. The fourth-order valence-corrected chi connectivity index (χ4v) is 8.35. The Balaban J connectivity index is 1.38. The number of aliphatic carboxylic acids is 1. The Kier molecular flexibility index (Phi) is 9.94. The lowest BCUT2D eigenvalue weighted by Crippen LogP contribution is -2.43. The first-order valence-corrected chi connectivity index (χ1v) is 17.0. The maximum Gasteiger partial charge on any atom is 0.303 e. The maximum atomic E-state index is 14.2. The summed E-state index contributed by atoms with van der Waals surface area (Å²) < 4.78 is 36.3. The van der Waals surface area contributed by atoms with Crippen molar-refractivity contribution in [1.82, 2.24) is 0 Å². The van der Waals surface area contributed by atoms with E-state index in [4.69, 9.17) is 9.84 Å². The highest BCUT2D eigenvalue weighted by Crippen LogP contribution is 2.51. The molecule has 0 spiro atoms. The normalized spacial score (nSPS) is 19.1. The summed E-state index contributed by atoms with van der Waals surface area (Å²) in [7, 11) is -3.80. The van der Waals surface area contributed by atoms with E-state index in [1.54, 1.807) is 12.1 Å². The van der Waals surface area contributed by atoms with E-state index in [1.165, 1.54) is 4.31 Å². The van der Waals surface area contributed by atoms with Crippen LogP contribution in [-0.4, -0.2) is 54.5 Å². The van der Waals surface area contributed by atoms with Crippen molar-refractivity contribution in [3.05, 3.63) is 89.5 Å². The molecule has 2 bridgehead atoms. The zero-order valence-electron chi connectivity index (χ0n) is 25.6. The van der Waals surface area contributed by atoms with Crippen LogP contribution in [0.15, 0.2) is 72.8 Å². The largest absolute Gasteiger partial charge is 0.508 e. The number of amides is 1. The number of nitrogens with one attached hydrogen (secondary N) is 1. The average molecular weight is 633 g/mol. The Morgan fingerprint density at radius 2 is 1.56 bits per heavy atom. The van der Waals surface area contributed by atoms with Crippen LogP contribution < -0.4 is 9.62 Å². The van der Waals surface area contributed by atoms with Gasteiger partial charge in [-0.3, -0.25) is 13.9 Å². The first-order chi connectivity index (χ1) is 21.6. The van der Waals surface area contributed by atoms with Crippen molar-refractivity contribution in [2.24, 2.45) is 0 Å². The lowest BCUT2D eigenvalue weighted by Gasteiger charge is -2.31. The molecule has 3 aromatic rings. The van der Waals surface area contributed by atoms with E-state index in [0.717, 1.165) is 40.7 Å². The van der Waals surface area contributed by atoms with E-state index in [2.05, 4.69) is 5.32 Å². The molecule has 1 saturated heterocycles. The summed E-state index contributed by atoms with van der Waals surface area (Å²) in [5.41, 5.74) is 5.60. The van der Waals surface area contributed by atoms with Gasteiger partial charge in [0.15, 0.2) is 0 Å². The molecule has 3 unspecified atom stereocenters. The molecule has 10 heteroatoms. The molecule has 0 aliphatic carbocycles. The van der Waals surface area contributed by atoms with Crippen molar-refractivity contribution < 1.29 is 33.0 Å². The third-order valence-corrected chi connectivity index (χ3v) is 10.7. The molecular weight excluding hydrogens is 592 g/mol. The minimum absolute atomic E-state index is 0.116. The van der Waals surface area contributed by atoms with Crippen molar-refractivity contribution >= 4 is 44.4 Å². The molecule has 238 valence electrons. The first kappa shape index (κ1) is 32.2. The van der Waals surface area contributed by atoms with Gasteiger partial charge in [-0.25, -0.2) is 8.42 Å². The molecule has 45 heavy (non-hydrogen) atoms. The highest BCUT2D eigenvalue weighted by Gasteiger charge is 2.54. The Morgan fingerprint density at radius 3 is 2.20 bits per heavy atom. The number of carbonyl (C=O) groups is 2. The minimum atomic E-state index is -3.80. The third kappa shape index (κ3) is 7.23. The Bertz CT molecular complexity index is 1670. The minimum Gasteiger partial charge on any atom is -0.508 e. The van der Waals surface area contributed by atoms with Gasteiger partial charge in [-0.05, 0) is 97.3 Å². The number of carboxylic acids is 1. The van der Waals surface area contributed by atoms with E-state index in [0.29, 0.717) is 43.6 Å². The lowest BCUT2D eigenvalue weighted by atomic mass is 9.83. The Labute approximate surface area is 264 Å². The zero-order valence-corrected chi connectivity index (χ0v) is 26.4. The summed E-state index contributed by atoms with van der Waals surface area (Å²) in [6, 6.07) is 21.7. The standard InChI is InChI=1S/C35H40N2O7S/c1-3-37(27-10-8-9-23(2)21-27)45(42,43)30-22-29-33(24-15-19-28(38)20-16-24)34(35(30)44-29)25-13-17-26(18-14-25)36-31(39)11-6-4-5-7-12-32(40)41/h8-10,13-21,29-30,35,38H,3-7,11-12,22H2,1-2H3,(H,36,39)(H,40,41). The molecule has 3 atom stereocenters. The molecule has 2 aliphatic heterocycles. The number of aryl methyl sites for hydroxylation is 1. The van der Waals surface area contributed by atoms with Gasteiger partial charge in [0.2, 0.25) is 15.9 Å². The molecule has 2 heterocycles. The second-order valence-electron chi connectivity index (χ2n) is 11.7. The van der Waals surface area contributed by atoms with Crippen LogP contribution in [0.3, 0.4) is 0 Å². The van der Waals surface area contributed by atoms with Crippen LogP contribution in [0.1, 0.15) is 68.6 Å². The number of anilines is 2. The molecule has 2 aliphatic rings. The van der Waals surface area contributed by atoms with Gasteiger partial charge in [0.25, 0.3) is 0 Å². The number of phenolic OH excluding ortho intramolecular Hbond substituents is 1. The fourth-order valence-electron chi connectivity index (χ4n) is 6.33. The van der Waals surface area contributed by atoms with Crippen molar-refractivity contribution in [2.45, 2.75) is 76.3 Å². The molecule has 0 saturated carbocycles. The predicted molar refractivity (Wildman–Crippen MR) is 176 cm³/mol. The molecule has 5 rings (SSSR count). The number of unbranched alkanes of at least 4 members (excludes halogenated alkanes) is 3. The number of benzene rings is 3. The van der Waals surface area contributed by atoms with Crippen LogP contribution in [0.4, 0.5) is 11.4 Å². The Morgan fingerprint density at radius 1 is 0.911 bits per heavy atom. The lowest BCUT2D eigenvalue weighted by molar-refractivity contribution is -0.137. The number of sulfonamides is 1. The number of hydrogen-bond acceptors (Lipinski definition) is 6. The van der Waals surface area contributed by atoms with Gasteiger partial charge in [0.1, 0.15) is 17.1 Å². The van der Waals surface area contributed by atoms with E-state index in [1.807, 2.05) is 74.5 Å². The third-order valence-electron chi connectivity index (χ3n) is 8.46. The number of phenols is 1. The van der Waals surface area contributed by atoms with Gasteiger partial charge in [-0.15, -0.1) is 0 Å². The predicted octanol–water partition coefficient (Wildman–Crippen LogP) is 6.37.